The van der Waals surface area contributed by atoms with Crippen LogP contribution >= 0.6 is 11.3 Å². The molecule has 3 heterocycles. The van der Waals surface area contributed by atoms with E-state index >= 15 is 0 Å². The lowest BCUT2D eigenvalue weighted by atomic mass is 10.3. The van der Waals surface area contributed by atoms with Crippen molar-refractivity contribution in [2.24, 2.45) is 0 Å². The van der Waals surface area contributed by atoms with Crippen molar-refractivity contribution in [1.82, 2.24) is 19.9 Å². The fourth-order valence-electron chi connectivity index (χ4n) is 2.93. The molecule has 0 radical (unpaired) electrons. The van der Waals surface area contributed by atoms with Crippen LogP contribution in [0.2, 0.25) is 0 Å². The smallest absolute Gasteiger partial charge is 0.349 e. The van der Waals surface area contributed by atoms with E-state index in [0.717, 1.165) is 38.5 Å². The summed E-state index contributed by atoms with van der Waals surface area (Å²) >= 11 is 1.24. The molecule has 26 heavy (non-hydrogen) atoms. The molecule has 3 rings (SSSR count). The minimum Gasteiger partial charge on any atom is -0.465 e. The highest BCUT2D eigenvalue weighted by atomic mass is 32.1. The van der Waals surface area contributed by atoms with Crippen LogP contribution in [0.1, 0.15) is 28.8 Å². The summed E-state index contributed by atoms with van der Waals surface area (Å²) in [6.45, 7) is 9.25. The Kier molecular flexibility index (Phi) is 6.00. The number of methoxy groups -OCH3 is 1. The maximum atomic E-state index is 11.6. The van der Waals surface area contributed by atoms with Gasteiger partial charge in [-0.05, 0) is 19.9 Å². The minimum absolute atomic E-state index is 0.389. The molecule has 0 amide bonds. The number of nitrogens with one attached hydrogen (secondary N) is 1. The van der Waals surface area contributed by atoms with Crippen molar-refractivity contribution in [2.45, 2.75) is 20.3 Å². The number of thiazole rings is 1. The van der Waals surface area contributed by atoms with Gasteiger partial charge in [-0.25, -0.2) is 19.7 Å². The van der Waals surface area contributed by atoms with Gasteiger partial charge in [-0.1, -0.05) is 18.3 Å². The van der Waals surface area contributed by atoms with Crippen LogP contribution in [-0.2, 0) is 4.74 Å². The van der Waals surface area contributed by atoms with Crippen molar-refractivity contribution in [3.63, 3.8) is 0 Å². The van der Waals surface area contributed by atoms with Gasteiger partial charge in [0.2, 0.25) is 0 Å². The Balaban J connectivity index is 1.70. The molecule has 1 aliphatic rings. The van der Waals surface area contributed by atoms with Crippen LogP contribution in [0.15, 0.2) is 12.3 Å². The second-order valence-electron chi connectivity index (χ2n) is 6.13. The van der Waals surface area contributed by atoms with E-state index in [-0.39, 0.29) is 5.97 Å². The summed E-state index contributed by atoms with van der Waals surface area (Å²) in [7, 11) is 1.36. The highest BCUT2D eigenvalue weighted by Gasteiger charge is 2.19. The van der Waals surface area contributed by atoms with Crippen LogP contribution in [0, 0.1) is 6.92 Å². The zero-order chi connectivity index (χ0) is 18.5. The molecule has 0 spiro atoms. The summed E-state index contributed by atoms with van der Waals surface area (Å²) in [6.07, 6.45) is 2.68. The molecule has 0 unspecified atom stereocenters. The Morgan fingerprint density at radius 3 is 2.77 bits per heavy atom. The molecule has 140 valence electrons. The van der Waals surface area contributed by atoms with Crippen LogP contribution in [-0.4, -0.2) is 65.7 Å². The van der Waals surface area contributed by atoms with Gasteiger partial charge >= 0.3 is 5.97 Å². The molecule has 0 aromatic carbocycles. The quantitative estimate of drug-likeness (QED) is 0.769. The van der Waals surface area contributed by atoms with E-state index in [1.54, 1.807) is 0 Å². The highest BCUT2D eigenvalue weighted by molar-refractivity contribution is 7.17. The summed E-state index contributed by atoms with van der Waals surface area (Å²) in [5, 5.41) is 3.76. The van der Waals surface area contributed by atoms with Gasteiger partial charge in [0.15, 0.2) is 5.13 Å². The molecule has 8 nitrogen and oxygen atoms in total. The Labute approximate surface area is 157 Å². The minimum atomic E-state index is -0.389. The van der Waals surface area contributed by atoms with E-state index in [0.29, 0.717) is 21.7 Å². The molecule has 9 heteroatoms. The normalized spacial score (nSPS) is 15.1. The highest BCUT2D eigenvalue weighted by Crippen LogP contribution is 2.24. The summed E-state index contributed by atoms with van der Waals surface area (Å²) < 4.78 is 4.71. The predicted molar refractivity (Wildman–Crippen MR) is 102 cm³/mol. The zero-order valence-electron chi connectivity index (χ0n) is 15.4. The number of piperazine rings is 1. The number of hydrogen-bond acceptors (Lipinski definition) is 9. The van der Waals surface area contributed by atoms with E-state index < -0.39 is 0 Å². The number of aromatic nitrogens is 3. The van der Waals surface area contributed by atoms with Crippen molar-refractivity contribution in [3.8, 4) is 0 Å². The molecule has 0 aliphatic carbocycles. The van der Waals surface area contributed by atoms with Crippen LogP contribution < -0.4 is 10.2 Å². The Hall–Kier alpha value is -2.26. The van der Waals surface area contributed by atoms with Crippen molar-refractivity contribution in [3.05, 3.63) is 23.0 Å². The third-order valence-corrected chi connectivity index (χ3v) is 5.08. The summed E-state index contributed by atoms with van der Waals surface area (Å²) in [5.74, 6) is 1.90. The second kappa shape index (κ2) is 8.41. The topological polar surface area (TPSA) is 83.5 Å². The average Bonchev–Trinajstić information content (AvgIpc) is 3.10. The number of carbonyl (C=O) groups excluding carboxylic acids is 1. The molecule has 2 aromatic heterocycles. The average molecular weight is 376 g/mol. The molecule has 1 aliphatic heterocycles. The maximum absolute atomic E-state index is 11.6. The first-order valence-electron chi connectivity index (χ1n) is 8.73. The molecule has 2 aromatic rings. The summed E-state index contributed by atoms with van der Waals surface area (Å²) in [4.78, 5) is 30.0. The van der Waals surface area contributed by atoms with Gasteiger partial charge in [0.1, 0.15) is 22.3 Å². The number of carbonyl (C=O) groups is 1. The van der Waals surface area contributed by atoms with Crippen molar-refractivity contribution in [1.29, 1.82) is 0 Å². The van der Waals surface area contributed by atoms with Crippen LogP contribution in [0.4, 0.5) is 16.8 Å². The fraction of sp³-hybridized carbons (Fsp3) is 0.529. The van der Waals surface area contributed by atoms with Gasteiger partial charge in [0.25, 0.3) is 0 Å². The maximum Gasteiger partial charge on any atom is 0.349 e. The number of aryl methyl sites for hydroxylation is 1. The zero-order valence-corrected chi connectivity index (χ0v) is 16.2. The number of rotatable bonds is 6. The SMILES string of the molecule is CCCN1CCN(c2cc(Nc3ncc(C(=O)OC)s3)nc(C)n2)CC1. The van der Waals surface area contributed by atoms with Crippen molar-refractivity contribution < 1.29 is 9.53 Å². The third-order valence-electron chi connectivity index (χ3n) is 4.19. The van der Waals surface area contributed by atoms with E-state index in [9.17, 15) is 4.79 Å². The number of esters is 1. The van der Waals surface area contributed by atoms with Crippen molar-refractivity contribution in [2.75, 3.05) is 50.1 Å². The van der Waals surface area contributed by atoms with Gasteiger partial charge in [-0.15, -0.1) is 0 Å². The summed E-state index contributed by atoms with van der Waals surface area (Å²) in [5.41, 5.74) is 0. The number of hydrogen-bond donors (Lipinski definition) is 1. The lowest BCUT2D eigenvalue weighted by Gasteiger charge is -2.35. The standard InChI is InChI=1S/C17H24N6O2S/c1-4-5-22-6-8-23(9-7-22)15-10-14(19-12(2)20-15)21-17-18-11-13(26-17)16(24)25-3/h10-11H,4-9H2,1-3H3,(H,18,19,20,21). The fourth-order valence-corrected chi connectivity index (χ4v) is 3.67. The first-order chi connectivity index (χ1) is 12.6. The molecular formula is C17H24N6O2S. The first kappa shape index (κ1) is 18.5. The Bertz CT molecular complexity index is 757. The molecule has 1 saturated heterocycles. The van der Waals surface area contributed by atoms with Gasteiger partial charge in [-0.3, -0.25) is 4.90 Å². The first-order valence-corrected chi connectivity index (χ1v) is 9.55. The van der Waals surface area contributed by atoms with Crippen LogP contribution in [0.25, 0.3) is 0 Å². The number of anilines is 3. The molecule has 0 atom stereocenters. The van der Waals surface area contributed by atoms with E-state index in [1.807, 2.05) is 13.0 Å². The molecule has 0 bridgehead atoms. The van der Waals surface area contributed by atoms with Crippen LogP contribution in [0.5, 0.6) is 0 Å². The lowest BCUT2D eigenvalue weighted by Crippen LogP contribution is -2.46. The number of ether oxygens (including phenoxy) is 1. The number of nitrogens with zero attached hydrogens (tertiary/aromatic N) is 5. The third kappa shape index (κ3) is 4.47. The monoisotopic (exact) mass is 376 g/mol. The molecule has 1 N–H and O–H groups in total. The Morgan fingerprint density at radius 1 is 1.31 bits per heavy atom. The predicted octanol–water partition coefficient (Wildman–Crippen LogP) is 2.30. The molecule has 0 saturated carbocycles. The van der Waals surface area contributed by atoms with Crippen LogP contribution in [0.3, 0.4) is 0 Å². The van der Waals surface area contributed by atoms with Gasteiger partial charge < -0.3 is 15.0 Å². The Morgan fingerprint density at radius 2 is 2.08 bits per heavy atom. The molecular weight excluding hydrogens is 352 g/mol. The van der Waals surface area contributed by atoms with Gasteiger partial charge in [0.05, 0.1) is 13.3 Å². The largest absolute Gasteiger partial charge is 0.465 e. The lowest BCUT2D eigenvalue weighted by molar-refractivity contribution is 0.0606. The van der Waals surface area contributed by atoms with Crippen molar-refractivity contribution >= 4 is 34.1 Å². The molecule has 1 fully saturated rings. The van der Waals surface area contributed by atoms with Gasteiger partial charge in [0, 0.05) is 32.2 Å². The van der Waals surface area contributed by atoms with E-state index in [2.05, 4.69) is 37.0 Å². The van der Waals surface area contributed by atoms with Gasteiger partial charge in [-0.2, -0.15) is 0 Å². The van der Waals surface area contributed by atoms with E-state index in [4.69, 9.17) is 4.74 Å². The summed E-state index contributed by atoms with van der Waals surface area (Å²) in [6, 6.07) is 1.93. The second-order valence-corrected chi connectivity index (χ2v) is 7.16. The van der Waals surface area contributed by atoms with E-state index in [1.165, 1.54) is 31.1 Å².